The number of carboxylic acid groups (broad SMARTS) is 1. The van der Waals surface area contributed by atoms with E-state index in [0.717, 1.165) is 5.69 Å². The molecule has 6 heteroatoms. The summed E-state index contributed by atoms with van der Waals surface area (Å²) >= 11 is 0. The number of hydrogen-bond donors (Lipinski definition) is 1. The van der Waals surface area contributed by atoms with Crippen LogP contribution >= 0.6 is 0 Å². The molecule has 0 amide bonds. The SMILES string of the molecule is CN(C)c1cc(C(=O)O)c2cnn(-c3ccc(F)cc3)c2c1. The number of nitrogens with zero attached hydrogens (tertiary/aromatic N) is 3. The highest BCUT2D eigenvalue weighted by atomic mass is 19.1. The van der Waals surface area contributed by atoms with Crippen LogP contribution in [0, 0.1) is 5.82 Å². The standard InChI is InChI=1S/C16H14FN3O2/c1-19(2)12-7-13(16(21)22)14-9-18-20(15(14)8-12)11-5-3-10(17)4-6-11/h3-9H,1-2H3,(H,21,22). The number of hydrogen-bond acceptors (Lipinski definition) is 3. The lowest BCUT2D eigenvalue weighted by Gasteiger charge is -2.14. The number of carbonyl (C=O) groups is 1. The van der Waals surface area contributed by atoms with Crippen LogP contribution in [0.5, 0.6) is 0 Å². The van der Waals surface area contributed by atoms with Crippen molar-refractivity contribution in [2.24, 2.45) is 0 Å². The van der Waals surface area contributed by atoms with Crippen molar-refractivity contribution in [1.82, 2.24) is 9.78 Å². The van der Waals surface area contributed by atoms with Gasteiger partial charge in [-0.25, -0.2) is 13.9 Å². The number of aromatic carboxylic acids is 1. The Morgan fingerprint density at radius 3 is 2.50 bits per heavy atom. The Morgan fingerprint density at radius 2 is 1.91 bits per heavy atom. The molecule has 0 spiro atoms. The first-order valence-corrected chi connectivity index (χ1v) is 6.65. The molecule has 0 aliphatic carbocycles. The normalized spacial score (nSPS) is 10.9. The number of carboxylic acids is 1. The summed E-state index contributed by atoms with van der Waals surface area (Å²) in [5.41, 5.74) is 2.28. The molecule has 1 heterocycles. The van der Waals surface area contributed by atoms with Gasteiger partial charge in [0.05, 0.1) is 23.0 Å². The van der Waals surface area contributed by atoms with Crippen molar-refractivity contribution in [3.63, 3.8) is 0 Å². The first kappa shape index (κ1) is 14.1. The van der Waals surface area contributed by atoms with Gasteiger partial charge in [-0.1, -0.05) is 0 Å². The van der Waals surface area contributed by atoms with E-state index in [4.69, 9.17) is 0 Å². The highest BCUT2D eigenvalue weighted by molar-refractivity contribution is 6.04. The molecule has 0 atom stereocenters. The number of benzene rings is 2. The summed E-state index contributed by atoms with van der Waals surface area (Å²) in [6, 6.07) is 9.36. The molecule has 0 unspecified atom stereocenters. The Hall–Kier alpha value is -2.89. The summed E-state index contributed by atoms with van der Waals surface area (Å²) in [6.45, 7) is 0. The second-order valence-corrected chi connectivity index (χ2v) is 5.16. The van der Waals surface area contributed by atoms with Gasteiger partial charge in [-0.15, -0.1) is 0 Å². The minimum Gasteiger partial charge on any atom is -0.478 e. The zero-order chi connectivity index (χ0) is 15.9. The van der Waals surface area contributed by atoms with Crippen LogP contribution in [0.25, 0.3) is 16.6 Å². The van der Waals surface area contributed by atoms with E-state index in [-0.39, 0.29) is 11.4 Å². The summed E-state index contributed by atoms with van der Waals surface area (Å²) in [7, 11) is 3.68. The Labute approximate surface area is 126 Å². The quantitative estimate of drug-likeness (QED) is 0.808. The fourth-order valence-electron chi connectivity index (χ4n) is 2.33. The topological polar surface area (TPSA) is 58.4 Å². The average Bonchev–Trinajstić information content (AvgIpc) is 2.90. The Morgan fingerprint density at radius 1 is 1.23 bits per heavy atom. The van der Waals surface area contributed by atoms with Gasteiger partial charge in [-0.2, -0.15) is 5.10 Å². The lowest BCUT2D eigenvalue weighted by molar-refractivity contribution is 0.0699. The fraction of sp³-hybridized carbons (Fsp3) is 0.125. The van der Waals surface area contributed by atoms with E-state index in [9.17, 15) is 14.3 Å². The summed E-state index contributed by atoms with van der Waals surface area (Å²) < 4.78 is 14.7. The molecule has 2 aromatic carbocycles. The molecule has 3 rings (SSSR count). The third kappa shape index (κ3) is 2.28. The number of halogens is 1. The summed E-state index contributed by atoms with van der Waals surface area (Å²) in [5, 5.41) is 14.2. The van der Waals surface area contributed by atoms with Crippen LogP contribution in [0.2, 0.25) is 0 Å². The highest BCUT2D eigenvalue weighted by Gasteiger charge is 2.16. The molecule has 0 aliphatic heterocycles. The third-order valence-corrected chi connectivity index (χ3v) is 3.49. The van der Waals surface area contributed by atoms with E-state index in [1.807, 2.05) is 25.1 Å². The highest BCUT2D eigenvalue weighted by Crippen LogP contribution is 2.27. The molecule has 1 N–H and O–H groups in total. The van der Waals surface area contributed by atoms with Crippen LogP contribution in [-0.4, -0.2) is 35.0 Å². The van der Waals surface area contributed by atoms with Crippen molar-refractivity contribution in [1.29, 1.82) is 0 Å². The Bertz CT molecular complexity index is 854. The third-order valence-electron chi connectivity index (χ3n) is 3.49. The molecule has 0 aliphatic rings. The molecular formula is C16H14FN3O2. The number of anilines is 1. The second-order valence-electron chi connectivity index (χ2n) is 5.16. The minimum absolute atomic E-state index is 0.189. The first-order valence-electron chi connectivity index (χ1n) is 6.65. The van der Waals surface area contributed by atoms with E-state index in [1.165, 1.54) is 18.3 Å². The zero-order valence-corrected chi connectivity index (χ0v) is 12.1. The lowest BCUT2D eigenvalue weighted by atomic mass is 10.1. The predicted molar refractivity (Wildman–Crippen MR) is 82.3 cm³/mol. The van der Waals surface area contributed by atoms with Gasteiger partial charge in [0.25, 0.3) is 0 Å². The average molecular weight is 299 g/mol. The lowest BCUT2D eigenvalue weighted by Crippen LogP contribution is -2.10. The Balaban J connectivity index is 2.29. The molecule has 22 heavy (non-hydrogen) atoms. The van der Waals surface area contributed by atoms with Crippen molar-refractivity contribution >= 4 is 22.6 Å². The van der Waals surface area contributed by atoms with Crippen molar-refractivity contribution in [2.75, 3.05) is 19.0 Å². The van der Waals surface area contributed by atoms with Gasteiger partial charge in [0.15, 0.2) is 0 Å². The number of aromatic nitrogens is 2. The molecule has 112 valence electrons. The van der Waals surface area contributed by atoms with E-state index in [0.29, 0.717) is 16.6 Å². The van der Waals surface area contributed by atoms with E-state index < -0.39 is 5.97 Å². The maximum Gasteiger partial charge on any atom is 0.336 e. The smallest absolute Gasteiger partial charge is 0.336 e. The maximum atomic E-state index is 13.1. The molecular weight excluding hydrogens is 285 g/mol. The van der Waals surface area contributed by atoms with Crippen molar-refractivity contribution < 1.29 is 14.3 Å². The molecule has 5 nitrogen and oxygen atoms in total. The van der Waals surface area contributed by atoms with Gasteiger partial charge < -0.3 is 10.0 Å². The zero-order valence-electron chi connectivity index (χ0n) is 12.1. The van der Waals surface area contributed by atoms with E-state index in [1.54, 1.807) is 22.9 Å². The van der Waals surface area contributed by atoms with Gasteiger partial charge in [-0.3, -0.25) is 0 Å². The van der Waals surface area contributed by atoms with Crippen LogP contribution < -0.4 is 4.90 Å². The van der Waals surface area contributed by atoms with Crippen LogP contribution in [0.15, 0.2) is 42.6 Å². The first-order chi connectivity index (χ1) is 10.5. The van der Waals surface area contributed by atoms with Gasteiger partial charge >= 0.3 is 5.97 Å². The van der Waals surface area contributed by atoms with Gasteiger partial charge in [0.1, 0.15) is 5.82 Å². The Kier molecular flexibility index (Phi) is 3.29. The summed E-state index contributed by atoms with van der Waals surface area (Å²) in [6.07, 6.45) is 1.52. The molecule has 0 bridgehead atoms. The van der Waals surface area contributed by atoms with Gasteiger partial charge in [-0.05, 0) is 36.4 Å². The van der Waals surface area contributed by atoms with Crippen LogP contribution in [-0.2, 0) is 0 Å². The monoisotopic (exact) mass is 299 g/mol. The van der Waals surface area contributed by atoms with Crippen molar-refractivity contribution in [3.8, 4) is 5.69 Å². The maximum absolute atomic E-state index is 13.1. The molecule has 0 saturated carbocycles. The molecule has 3 aromatic rings. The van der Waals surface area contributed by atoms with Crippen LogP contribution in [0.1, 0.15) is 10.4 Å². The van der Waals surface area contributed by atoms with Crippen molar-refractivity contribution in [3.05, 3.63) is 54.0 Å². The van der Waals surface area contributed by atoms with Crippen LogP contribution in [0.3, 0.4) is 0 Å². The minimum atomic E-state index is -1.01. The molecule has 0 radical (unpaired) electrons. The number of rotatable bonds is 3. The second kappa shape index (κ2) is 5.14. The number of fused-ring (bicyclic) bond motifs is 1. The molecule has 0 saturated heterocycles. The summed E-state index contributed by atoms with van der Waals surface area (Å²) in [4.78, 5) is 13.3. The predicted octanol–water partition coefficient (Wildman–Crippen LogP) is 2.93. The fourth-order valence-corrected chi connectivity index (χ4v) is 2.33. The van der Waals surface area contributed by atoms with Gasteiger partial charge in [0.2, 0.25) is 0 Å². The largest absolute Gasteiger partial charge is 0.478 e. The van der Waals surface area contributed by atoms with Crippen LogP contribution in [0.4, 0.5) is 10.1 Å². The van der Waals surface area contributed by atoms with E-state index >= 15 is 0 Å². The molecule has 1 aromatic heterocycles. The van der Waals surface area contributed by atoms with E-state index in [2.05, 4.69) is 5.10 Å². The van der Waals surface area contributed by atoms with Crippen molar-refractivity contribution in [2.45, 2.75) is 0 Å². The summed E-state index contributed by atoms with van der Waals surface area (Å²) in [5.74, 6) is -1.34. The van der Waals surface area contributed by atoms with Gasteiger partial charge in [0, 0.05) is 25.2 Å². The molecule has 0 fully saturated rings.